The molecule has 0 spiro atoms. The van der Waals surface area contributed by atoms with Gasteiger partial charge in [-0.3, -0.25) is 15.5 Å². The minimum atomic E-state index is -4.00. The van der Waals surface area contributed by atoms with Crippen LogP contribution in [0.15, 0.2) is 46.4 Å². The van der Waals surface area contributed by atoms with E-state index in [0.29, 0.717) is 12.2 Å². The zero-order valence-electron chi connectivity index (χ0n) is 16.7. The van der Waals surface area contributed by atoms with Crippen molar-refractivity contribution in [3.05, 3.63) is 52.1 Å². The number of non-ortho nitro benzene ring substituents is 1. The Morgan fingerprint density at radius 3 is 2.71 bits per heavy atom. The number of aromatic hydroxyl groups is 1. The Morgan fingerprint density at radius 1 is 1.29 bits per heavy atom. The van der Waals surface area contributed by atoms with Crippen molar-refractivity contribution >= 4 is 27.6 Å². The van der Waals surface area contributed by atoms with Gasteiger partial charge in [-0.25, -0.2) is 8.42 Å². The van der Waals surface area contributed by atoms with E-state index in [0.717, 1.165) is 6.07 Å². The summed E-state index contributed by atoms with van der Waals surface area (Å²) in [6.45, 7) is 2.96. The van der Waals surface area contributed by atoms with E-state index < -0.39 is 14.9 Å². The second-order valence-corrected chi connectivity index (χ2v) is 8.39. The molecule has 0 bridgehead atoms. The first-order chi connectivity index (χ1) is 14.8. The van der Waals surface area contributed by atoms with Crippen LogP contribution in [0, 0.1) is 10.1 Å². The lowest BCUT2D eigenvalue weighted by molar-refractivity contribution is -0.385. The van der Waals surface area contributed by atoms with Crippen molar-refractivity contribution in [1.29, 1.82) is 0 Å². The van der Waals surface area contributed by atoms with Gasteiger partial charge in [0.15, 0.2) is 11.5 Å². The SMILES string of the molecule is CCOc1cc(/C=N/Nc2ccc([N+](=O)[O-])cc2S(=O)(=O)N2CCOCC2)ccc1O. The summed E-state index contributed by atoms with van der Waals surface area (Å²) < 4.78 is 37.9. The molecule has 1 aliphatic heterocycles. The fourth-order valence-electron chi connectivity index (χ4n) is 2.91. The van der Waals surface area contributed by atoms with E-state index >= 15 is 0 Å². The van der Waals surface area contributed by atoms with Gasteiger partial charge in [0.1, 0.15) is 4.90 Å². The van der Waals surface area contributed by atoms with Gasteiger partial charge in [0.05, 0.1) is 36.6 Å². The van der Waals surface area contributed by atoms with Gasteiger partial charge < -0.3 is 14.6 Å². The Hall–Kier alpha value is -3.22. The molecule has 166 valence electrons. The number of nitrogens with one attached hydrogen (secondary N) is 1. The third-order valence-corrected chi connectivity index (χ3v) is 6.38. The first kappa shape index (κ1) is 22.5. The monoisotopic (exact) mass is 450 g/mol. The average Bonchev–Trinajstić information content (AvgIpc) is 2.76. The fourth-order valence-corrected chi connectivity index (χ4v) is 4.48. The van der Waals surface area contributed by atoms with Crippen LogP contribution in [0.2, 0.25) is 0 Å². The highest BCUT2D eigenvalue weighted by Crippen LogP contribution is 2.30. The number of nitrogens with zero attached hydrogens (tertiary/aromatic N) is 3. The van der Waals surface area contributed by atoms with Gasteiger partial charge in [-0.15, -0.1) is 0 Å². The van der Waals surface area contributed by atoms with Crippen molar-refractivity contribution in [2.75, 3.05) is 38.3 Å². The summed E-state index contributed by atoms with van der Waals surface area (Å²) >= 11 is 0. The molecule has 11 nitrogen and oxygen atoms in total. The molecule has 0 saturated carbocycles. The summed E-state index contributed by atoms with van der Waals surface area (Å²) in [5.41, 5.74) is 2.99. The molecule has 0 unspecified atom stereocenters. The smallest absolute Gasteiger partial charge is 0.270 e. The number of phenols is 1. The maximum Gasteiger partial charge on any atom is 0.270 e. The third-order valence-electron chi connectivity index (χ3n) is 4.45. The fraction of sp³-hybridized carbons (Fsp3) is 0.316. The van der Waals surface area contributed by atoms with Gasteiger partial charge >= 0.3 is 0 Å². The van der Waals surface area contributed by atoms with E-state index in [4.69, 9.17) is 9.47 Å². The predicted octanol–water partition coefficient (Wildman–Crippen LogP) is 2.17. The van der Waals surface area contributed by atoms with Gasteiger partial charge in [-0.1, -0.05) is 0 Å². The molecule has 0 aromatic heterocycles. The lowest BCUT2D eigenvalue weighted by atomic mass is 10.2. The molecule has 12 heteroatoms. The number of benzene rings is 2. The predicted molar refractivity (Wildman–Crippen MR) is 113 cm³/mol. The van der Waals surface area contributed by atoms with E-state index in [2.05, 4.69) is 10.5 Å². The molecule has 0 amide bonds. The normalized spacial score (nSPS) is 15.1. The summed E-state index contributed by atoms with van der Waals surface area (Å²) in [7, 11) is -4.00. The maximum absolute atomic E-state index is 13.1. The Balaban J connectivity index is 1.89. The number of rotatable bonds is 8. The van der Waals surface area contributed by atoms with E-state index in [9.17, 15) is 23.6 Å². The van der Waals surface area contributed by atoms with Crippen molar-refractivity contribution in [1.82, 2.24) is 4.31 Å². The molecule has 0 aliphatic carbocycles. The number of anilines is 1. The number of hydrogen-bond acceptors (Lipinski definition) is 9. The second-order valence-electron chi connectivity index (χ2n) is 6.48. The summed E-state index contributed by atoms with van der Waals surface area (Å²) in [6.07, 6.45) is 1.41. The van der Waals surface area contributed by atoms with E-state index in [1.54, 1.807) is 19.1 Å². The summed E-state index contributed by atoms with van der Waals surface area (Å²) in [5.74, 6) is 0.276. The molecule has 31 heavy (non-hydrogen) atoms. The van der Waals surface area contributed by atoms with Crippen LogP contribution < -0.4 is 10.2 Å². The molecular formula is C19H22N4O7S. The standard InChI is InChI=1S/C19H22N4O7S/c1-2-30-18-11-14(3-6-17(18)24)13-20-21-16-5-4-15(23(25)26)12-19(16)31(27,28)22-7-9-29-10-8-22/h3-6,11-13,21,24H,2,7-10H2,1H3/b20-13+. The highest BCUT2D eigenvalue weighted by molar-refractivity contribution is 7.89. The molecule has 0 atom stereocenters. The first-order valence-electron chi connectivity index (χ1n) is 9.44. The quantitative estimate of drug-likeness (QED) is 0.354. The topological polar surface area (TPSA) is 144 Å². The molecule has 2 aromatic rings. The Labute approximate surface area is 179 Å². The minimum absolute atomic E-state index is 0.0128. The van der Waals surface area contributed by atoms with Crippen molar-refractivity contribution in [3.63, 3.8) is 0 Å². The third kappa shape index (κ3) is 5.29. The number of hydrogen-bond donors (Lipinski definition) is 2. The van der Waals surface area contributed by atoms with Crippen LogP contribution in [-0.4, -0.2) is 61.9 Å². The van der Waals surface area contributed by atoms with Crippen molar-refractivity contribution < 1.29 is 27.9 Å². The molecule has 3 rings (SSSR count). The lowest BCUT2D eigenvalue weighted by Gasteiger charge is -2.26. The number of phenolic OH excluding ortho intramolecular Hbond substituents is 1. The molecule has 2 N–H and O–H groups in total. The van der Waals surface area contributed by atoms with E-state index in [-0.39, 0.29) is 54.1 Å². The zero-order chi connectivity index (χ0) is 22.4. The highest BCUT2D eigenvalue weighted by Gasteiger charge is 2.30. The summed E-state index contributed by atoms with van der Waals surface area (Å²) in [4.78, 5) is 10.3. The molecule has 2 aromatic carbocycles. The van der Waals surface area contributed by atoms with Crippen LogP contribution in [-0.2, 0) is 14.8 Å². The largest absolute Gasteiger partial charge is 0.504 e. The maximum atomic E-state index is 13.1. The Morgan fingerprint density at radius 2 is 2.03 bits per heavy atom. The number of hydrazone groups is 1. The number of nitro groups is 1. The first-order valence-corrected chi connectivity index (χ1v) is 10.9. The van der Waals surface area contributed by atoms with E-state index in [1.807, 2.05) is 0 Å². The van der Waals surface area contributed by atoms with Crippen molar-refractivity contribution in [2.45, 2.75) is 11.8 Å². The van der Waals surface area contributed by atoms with Gasteiger partial charge in [0, 0.05) is 25.2 Å². The number of sulfonamides is 1. The average molecular weight is 450 g/mol. The van der Waals surface area contributed by atoms with Crippen LogP contribution in [0.25, 0.3) is 0 Å². The number of morpholine rings is 1. The summed E-state index contributed by atoms with van der Waals surface area (Å²) in [5, 5.41) is 25.0. The van der Waals surface area contributed by atoms with Crippen LogP contribution in [0.5, 0.6) is 11.5 Å². The Kier molecular flexibility index (Phi) is 7.05. The van der Waals surface area contributed by atoms with Gasteiger partial charge in [0.25, 0.3) is 5.69 Å². The van der Waals surface area contributed by atoms with Gasteiger partial charge in [0.2, 0.25) is 10.0 Å². The van der Waals surface area contributed by atoms with Crippen LogP contribution >= 0.6 is 0 Å². The number of ether oxygens (including phenoxy) is 2. The second kappa shape index (κ2) is 9.73. The Bertz CT molecular complexity index is 1080. The minimum Gasteiger partial charge on any atom is -0.504 e. The van der Waals surface area contributed by atoms with Crippen LogP contribution in [0.3, 0.4) is 0 Å². The van der Waals surface area contributed by atoms with Crippen LogP contribution in [0.1, 0.15) is 12.5 Å². The number of nitro benzene ring substituents is 1. The molecule has 1 fully saturated rings. The summed E-state index contributed by atoms with van der Waals surface area (Å²) in [6, 6.07) is 8.13. The van der Waals surface area contributed by atoms with Crippen molar-refractivity contribution in [3.8, 4) is 11.5 Å². The van der Waals surface area contributed by atoms with Crippen LogP contribution in [0.4, 0.5) is 11.4 Å². The van der Waals surface area contributed by atoms with Crippen molar-refractivity contribution in [2.24, 2.45) is 5.10 Å². The molecule has 1 saturated heterocycles. The lowest BCUT2D eigenvalue weighted by Crippen LogP contribution is -2.40. The van der Waals surface area contributed by atoms with Gasteiger partial charge in [-0.2, -0.15) is 9.41 Å². The molecule has 1 aliphatic rings. The molecule has 1 heterocycles. The highest BCUT2D eigenvalue weighted by atomic mass is 32.2. The van der Waals surface area contributed by atoms with E-state index in [1.165, 1.54) is 28.7 Å². The van der Waals surface area contributed by atoms with Gasteiger partial charge in [-0.05, 0) is 36.8 Å². The zero-order valence-corrected chi connectivity index (χ0v) is 17.5. The molecular weight excluding hydrogens is 428 g/mol. The molecule has 0 radical (unpaired) electrons.